The van der Waals surface area contributed by atoms with E-state index in [1.54, 1.807) is 18.2 Å². The molecule has 0 fully saturated rings. The molecule has 0 saturated carbocycles. The predicted octanol–water partition coefficient (Wildman–Crippen LogP) is 1.83. The van der Waals surface area contributed by atoms with Gasteiger partial charge in [0.15, 0.2) is 5.52 Å². The van der Waals surface area contributed by atoms with E-state index in [9.17, 15) is 14.9 Å². The first-order chi connectivity index (χ1) is 7.56. The van der Waals surface area contributed by atoms with Gasteiger partial charge < -0.3 is 15.2 Å². The highest BCUT2D eigenvalue weighted by Gasteiger charge is 2.15. The fraction of sp³-hybridized carbons (Fsp3) is 0.111. The zero-order valence-corrected chi connectivity index (χ0v) is 8.73. The summed E-state index contributed by atoms with van der Waals surface area (Å²) in [5.74, 6) is -0.932. The molecule has 16 heavy (non-hydrogen) atoms. The number of rotatable bonds is 3. The minimum absolute atomic E-state index is 0.0956. The van der Waals surface area contributed by atoms with Crippen molar-refractivity contribution >= 4 is 32.7 Å². The van der Waals surface area contributed by atoms with Crippen LogP contribution in [0.15, 0.2) is 18.2 Å². The molecule has 0 aliphatic rings. The molecule has 0 radical (unpaired) electrons. The monoisotopic (exact) mass is 238 g/mol. The Hall–Kier alpha value is -2.02. The van der Waals surface area contributed by atoms with Gasteiger partial charge in [-0.1, -0.05) is 6.07 Å². The lowest BCUT2D eigenvalue weighted by atomic mass is 10.1. The number of aliphatic carboxylic acids is 1. The Morgan fingerprint density at radius 2 is 2.31 bits per heavy atom. The molecule has 1 aromatic carbocycles. The predicted molar refractivity (Wildman–Crippen MR) is 57.6 cm³/mol. The van der Waals surface area contributed by atoms with Crippen LogP contribution < -0.4 is 0 Å². The number of carbonyl (C=O) groups is 1. The van der Waals surface area contributed by atoms with Gasteiger partial charge in [-0.15, -0.1) is 0 Å². The number of thiazole rings is 1. The van der Waals surface area contributed by atoms with E-state index in [1.807, 2.05) is 0 Å². The lowest BCUT2D eigenvalue weighted by molar-refractivity contribution is -0.384. The van der Waals surface area contributed by atoms with E-state index in [-0.39, 0.29) is 11.6 Å². The molecule has 2 rings (SSSR count). The molecule has 1 heterocycles. The van der Waals surface area contributed by atoms with Crippen LogP contribution in [-0.4, -0.2) is 21.0 Å². The van der Waals surface area contributed by atoms with E-state index in [1.165, 1.54) is 0 Å². The molecule has 0 amide bonds. The number of nitro groups is 1. The van der Waals surface area contributed by atoms with Gasteiger partial charge in [0.2, 0.25) is 0 Å². The van der Waals surface area contributed by atoms with Crippen LogP contribution in [0, 0.1) is 10.1 Å². The summed E-state index contributed by atoms with van der Waals surface area (Å²) >= 11 is 0.944. The molecule has 0 bridgehead atoms. The molecule has 0 unspecified atom stereocenters. The van der Waals surface area contributed by atoms with Crippen molar-refractivity contribution in [3.63, 3.8) is 0 Å². The van der Waals surface area contributed by atoms with Gasteiger partial charge in [-0.3, -0.25) is 4.79 Å². The number of hydrogen-bond donors (Lipinski definition) is 1. The summed E-state index contributed by atoms with van der Waals surface area (Å²) in [5.41, 5.74) is 1.13. The molecular weight excluding hydrogens is 232 g/mol. The molecule has 82 valence electrons. The fourth-order valence-corrected chi connectivity index (χ4v) is 2.16. The fourth-order valence-electron chi connectivity index (χ4n) is 1.32. The van der Waals surface area contributed by atoms with Gasteiger partial charge in [-0.2, -0.15) is 0 Å². The lowest BCUT2D eigenvalue weighted by Crippen LogP contribution is -1.99. The molecule has 1 N–H and O–H groups in total. The van der Waals surface area contributed by atoms with Crippen LogP contribution in [0.5, 0.6) is 0 Å². The topological polar surface area (TPSA) is 93.3 Å². The Morgan fingerprint density at radius 3 is 2.94 bits per heavy atom. The summed E-state index contributed by atoms with van der Waals surface area (Å²) in [6, 6.07) is 4.82. The molecule has 0 spiro atoms. The van der Waals surface area contributed by atoms with Crippen LogP contribution in [0.4, 0.5) is 5.13 Å². The number of carboxylic acid groups (broad SMARTS) is 1. The van der Waals surface area contributed by atoms with Gasteiger partial charge in [0.05, 0.1) is 11.1 Å². The van der Waals surface area contributed by atoms with Gasteiger partial charge >= 0.3 is 11.1 Å². The van der Waals surface area contributed by atoms with E-state index in [0.717, 1.165) is 11.3 Å². The van der Waals surface area contributed by atoms with Crippen molar-refractivity contribution in [2.24, 2.45) is 0 Å². The smallest absolute Gasteiger partial charge is 0.424 e. The Bertz CT molecular complexity index is 578. The first-order valence-electron chi connectivity index (χ1n) is 4.32. The second kappa shape index (κ2) is 3.86. The van der Waals surface area contributed by atoms with Crippen LogP contribution in [-0.2, 0) is 11.2 Å². The minimum atomic E-state index is -0.932. The van der Waals surface area contributed by atoms with Crippen LogP contribution >= 0.6 is 11.3 Å². The van der Waals surface area contributed by atoms with Crippen molar-refractivity contribution in [2.75, 3.05) is 0 Å². The highest BCUT2D eigenvalue weighted by molar-refractivity contribution is 7.21. The third-order valence-electron chi connectivity index (χ3n) is 1.95. The molecular formula is C9H6N2O4S. The Balaban J connectivity index is 2.45. The highest BCUT2D eigenvalue weighted by atomic mass is 32.1. The zero-order chi connectivity index (χ0) is 11.7. The summed E-state index contributed by atoms with van der Waals surface area (Å²) in [6.45, 7) is 0. The van der Waals surface area contributed by atoms with Crippen molar-refractivity contribution in [1.82, 2.24) is 4.98 Å². The summed E-state index contributed by atoms with van der Waals surface area (Å²) in [6.07, 6.45) is -0.0956. The SMILES string of the molecule is O=C(O)Cc1ccc2nc([N+](=O)[O-])sc2c1. The normalized spacial score (nSPS) is 10.5. The summed E-state index contributed by atoms with van der Waals surface area (Å²) in [5, 5.41) is 18.9. The number of aromatic nitrogens is 1. The molecule has 0 aliphatic carbocycles. The average molecular weight is 238 g/mol. The van der Waals surface area contributed by atoms with Crippen LogP contribution in [0.2, 0.25) is 0 Å². The molecule has 1 aromatic heterocycles. The first-order valence-corrected chi connectivity index (χ1v) is 5.13. The maximum atomic E-state index is 10.5. The summed E-state index contributed by atoms with van der Waals surface area (Å²) < 4.78 is 0.630. The number of fused-ring (bicyclic) bond motifs is 1. The van der Waals surface area contributed by atoms with E-state index in [4.69, 9.17) is 5.11 Å². The van der Waals surface area contributed by atoms with E-state index >= 15 is 0 Å². The maximum Gasteiger partial charge on any atom is 0.424 e. The van der Waals surface area contributed by atoms with E-state index in [2.05, 4.69) is 4.98 Å². The Morgan fingerprint density at radius 1 is 1.56 bits per heavy atom. The number of carboxylic acids is 1. The van der Waals surface area contributed by atoms with Gasteiger partial charge in [0.1, 0.15) is 0 Å². The molecule has 2 aromatic rings. The Labute approximate surface area is 93.3 Å². The second-order valence-corrected chi connectivity index (χ2v) is 4.14. The number of hydrogen-bond acceptors (Lipinski definition) is 5. The largest absolute Gasteiger partial charge is 0.481 e. The van der Waals surface area contributed by atoms with Crippen LogP contribution in [0.3, 0.4) is 0 Å². The van der Waals surface area contributed by atoms with Crippen molar-refractivity contribution in [1.29, 1.82) is 0 Å². The van der Waals surface area contributed by atoms with Gasteiger partial charge in [-0.05, 0) is 38.9 Å². The number of nitrogens with zero attached hydrogens (tertiary/aromatic N) is 2. The van der Waals surface area contributed by atoms with Crippen LogP contribution in [0.25, 0.3) is 10.2 Å². The standard InChI is InChI=1S/C9H6N2O4S/c12-8(13)4-5-1-2-6-7(3-5)16-9(10-6)11(14)15/h1-3H,4H2,(H,12,13). The van der Waals surface area contributed by atoms with Gasteiger partial charge in [0, 0.05) is 0 Å². The van der Waals surface area contributed by atoms with Crippen molar-refractivity contribution < 1.29 is 14.8 Å². The van der Waals surface area contributed by atoms with Crippen molar-refractivity contribution in [2.45, 2.75) is 6.42 Å². The van der Waals surface area contributed by atoms with Crippen molar-refractivity contribution in [3.05, 3.63) is 33.9 Å². The highest BCUT2D eigenvalue weighted by Crippen LogP contribution is 2.28. The zero-order valence-electron chi connectivity index (χ0n) is 7.91. The van der Waals surface area contributed by atoms with Crippen LogP contribution in [0.1, 0.15) is 5.56 Å². The molecule has 0 saturated heterocycles. The minimum Gasteiger partial charge on any atom is -0.481 e. The third kappa shape index (κ3) is 1.98. The summed E-state index contributed by atoms with van der Waals surface area (Å²) in [4.78, 5) is 24.2. The molecule has 7 heteroatoms. The Kier molecular flexibility index (Phi) is 2.53. The van der Waals surface area contributed by atoms with Gasteiger partial charge in [-0.25, -0.2) is 0 Å². The summed E-state index contributed by atoms with van der Waals surface area (Å²) in [7, 11) is 0. The molecule has 6 nitrogen and oxygen atoms in total. The van der Waals surface area contributed by atoms with E-state index < -0.39 is 10.9 Å². The quantitative estimate of drug-likeness (QED) is 0.650. The van der Waals surface area contributed by atoms with E-state index in [0.29, 0.717) is 15.8 Å². The first kappa shape index (κ1) is 10.5. The second-order valence-electron chi connectivity index (χ2n) is 3.13. The van der Waals surface area contributed by atoms with Gasteiger partial charge in [0.25, 0.3) is 0 Å². The van der Waals surface area contributed by atoms with Crippen molar-refractivity contribution in [3.8, 4) is 0 Å². The number of benzene rings is 1. The average Bonchev–Trinajstić information content (AvgIpc) is 2.59. The maximum absolute atomic E-state index is 10.5. The lowest BCUT2D eigenvalue weighted by Gasteiger charge is -1.93. The molecule has 0 atom stereocenters. The molecule has 0 aliphatic heterocycles. The third-order valence-corrected chi connectivity index (χ3v) is 2.92.